The topological polar surface area (TPSA) is 0 Å². The Morgan fingerprint density at radius 1 is 0.971 bits per heavy atom. The van der Waals surface area contributed by atoms with E-state index in [1.54, 1.807) is 5.57 Å². The van der Waals surface area contributed by atoms with E-state index < -0.39 is 0 Å². The van der Waals surface area contributed by atoms with Crippen molar-refractivity contribution in [3.05, 3.63) is 118 Å². The first-order valence-electron chi connectivity index (χ1n) is 13.6. The van der Waals surface area contributed by atoms with Gasteiger partial charge in [-0.2, -0.15) is 0 Å². The smallest absolute Gasteiger partial charge is 0.00953 e. The molecule has 180 valence electrons. The van der Waals surface area contributed by atoms with Crippen LogP contribution >= 0.6 is 0 Å². The van der Waals surface area contributed by atoms with E-state index in [0.717, 1.165) is 6.42 Å². The first-order valence-corrected chi connectivity index (χ1v) is 13.6. The molecule has 3 atom stereocenters. The molecular weight excluding hydrogens is 420 g/mol. The summed E-state index contributed by atoms with van der Waals surface area (Å²) in [6.45, 7) is 11.5. The van der Waals surface area contributed by atoms with E-state index in [1.165, 1.54) is 58.2 Å². The lowest BCUT2D eigenvalue weighted by atomic mass is 9.74. The Hall–Kier alpha value is -2.86. The van der Waals surface area contributed by atoms with E-state index in [1.807, 2.05) is 0 Å². The van der Waals surface area contributed by atoms with E-state index in [-0.39, 0.29) is 5.41 Å². The van der Waals surface area contributed by atoms with Crippen LogP contribution in [0.1, 0.15) is 88.8 Å². The second-order valence-corrected chi connectivity index (χ2v) is 11.2. The molecule has 0 saturated heterocycles. The highest BCUT2D eigenvalue weighted by Gasteiger charge is 2.44. The van der Waals surface area contributed by atoms with Crippen molar-refractivity contribution in [3.8, 4) is 11.1 Å². The summed E-state index contributed by atoms with van der Waals surface area (Å²) in [6.07, 6.45) is 21.0. The molecule has 0 fully saturated rings. The Labute approximate surface area is 212 Å². The lowest BCUT2D eigenvalue weighted by Gasteiger charge is -2.29. The molecule has 2 aromatic rings. The van der Waals surface area contributed by atoms with Gasteiger partial charge in [0.2, 0.25) is 0 Å². The third-order valence-electron chi connectivity index (χ3n) is 8.87. The molecule has 0 aliphatic heterocycles. The second kappa shape index (κ2) is 9.65. The molecule has 0 heteroatoms. The fourth-order valence-electron chi connectivity index (χ4n) is 6.58. The van der Waals surface area contributed by atoms with Gasteiger partial charge >= 0.3 is 0 Å². The lowest BCUT2D eigenvalue weighted by Crippen LogP contribution is -2.24. The molecule has 5 rings (SSSR count). The van der Waals surface area contributed by atoms with Crippen LogP contribution in [0.4, 0.5) is 0 Å². The Morgan fingerprint density at radius 2 is 1.71 bits per heavy atom. The van der Waals surface area contributed by atoms with Gasteiger partial charge in [0.1, 0.15) is 0 Å². The summed E-state index contributed by atoms with van der Waals surface area (Å²) in [4.78, 5) is 0. The number of allylic oxidation sites excluding steroid dienone is 10. The van der Waals surface area contributed by atoms with Crippen molar-refractivity contribution in [1.82, 2.24) is 0 Å². The Kier molecular flexibility index (Phi) is 6.58. The minimum Gasteiger partial charge on any atom is -0.0844 e. The first-order chi connectivity index (χ1) is 16.9. The molecule has 3 unspecified atom stereocenters. The van der Waals surface area contributed by atoms with Crippen LogP contribution in [-0.2, 0) is 5.41 Å². The average molecular weight is 461 g/mol. The lowest BCUT2D eigenvalue weighted by molar-refractivity contribution is 0.394. The summed E-state index contributed by atoms with van der Waals surface area (Å²) >= 11 is 0. The van der Waals surface area contributed by atoms with E-state index >= 15 is 0 Å². The fraction of sp³-hybridized carbons (Fsp3) is 0.371. The number of hydrogen-bond acceptors (Lipinski definition) is 0. The van der Waals surface area contributed by atoms with Gasteiger partial charge in [0, 0.05) is 11.8 Å². The molecule has 2 aromatic carbocycles. The molecule has 0 amide bonds. The van der Waals surface area contributed by atoms with E-state index in [9.17, 15) is 0 Å². The molecule has 0 aromatic heterocycles. The molecule has 0 N–H and O–H groups in total. The summed E-state index contributed by atoms with van der Waals surface area (Å²) in [6, 6.07) is 16.7. The predicted molar refractivity (Wildman–Crippen MR) is 152 cm³/mol. The van der Waals surface area contributed by atoms with Gasteiger partial charge in [0.25, 0.3) is 0 Å². The zero-order valence-electron chi connectivity index (χ0n) is 22.1. The quantitative estimate of drug-likeness (QED) is 0.402. The molecule has 0 saturated carbocycles. The largest absolute Gasteiger partial charge is 0.0844 e. The van der Waals surface area contributed by atoms with Crippen LogP contribution in [0.2, 0.25) is 0 Å². The molecule has 35 heavy (non-hydrogen) atoms. The molecule has 0 bridgehead atoms. The van der Waals surface area contributed by atoms with E-state index in [2.05, 4.69) is 120 Å². The van der Waals surface area contributed by atoms with Gasteiger partial charge in [-0.1, -0.05) is 123 Å². The van der Waals surface area contributed by atoms with Crippen LogP contribution in [0.3, 0.4) is 0 Å². The van der Waals surface area contributed by atoms with Crippen molar-refractivity contribution in [2.24, 2.45) is 5.92 Å². The average Bonchev–Trinajstić information content (AvgIpc) is 3.13. The maximum Gasteiger partial charge on any atom is 0.00953 e. The molecular formula is C35H40. The monoisotopic (exact) mass is 460 g/mol. The standard InChI is InChI=1S/C35H40/c1-6-10-30(27-17-13-25(14-18-27)24(3)7-2)28-19-15-26(16-20-28)29-21-22-32-31-11-8-9-12-33(31)35(4,5)34(32)23-29/h7-9,11-13,15-17,19-23,30-31,33H,6,10,14,18H2,1-5H3/b24-7+. The van der Waals surface area contributed by atoms with Gasteiger partial charge in [-0.25, -0.2) is 0 Å². The Morgan fingerprint density at radius 3 is 2.40 bits per heavy atom. The van der Waals surface area contributed by atoms with Crippen molar-refractivity contribution in [1.29, 1.82) is 0 Å². The number of fused-ring (bicyclic) bond motifs is 3. The number of rotatable bonds is 6. The van der Waals surface area contributed by atoms with Crippen LogP contribution in [0.15, 0.2) is 102 Å². The van der Waals surface area contributed by atoms with Crippen molar-refractivity contribution >= 4 is 0 Å². The second-order valence-electron chi connectivity index (χ2n) is 11.2. The van der Waals surface area contributed by atoms with Crippen molar-refractivity contribution in [2.45, 2.75) is 77.6 Å². The highest BCUT2D eigenvalue weighted by molar-refractivity contribution is 5.68. The number of benzene rings is 2. The minimum absolute atomic E-state index is 0.161. The zero-order valence-corrected chi connectivity index (χ0v) is 22.1. The van der Waals surface area contributed by atoms with Crippen LogP contribution in [0.25, 0.3) is 11.1 Å². The minimum atomic E-state index is 0.161. The molecule has 3 aliphatic rings. The Balaban J connectivity index is 1.42. The SMILES string of the molecule is C/C=C(\C)C1=CC=C(C(CCC)c2ccc(-c3ccc4c(c3)C(C)(C)C3C=CC=CC43)cc2)CC1. The summed E-state index contributed by atoms with van der Waals surface area (Å²) in [5, 5.41) is 0. The van der Waals surface area contributed by atoms with Gasteiger partial charge in [0.05, 0.1) is 0 Å². The van der Waals surface area contributed by atoms with Crippen LogP contribution < -0.4 is 0 Å². The molecule has 0 nitrogen and oxygen atoms in total. The van der Waals surface area contributed by atoms with E-state index in [4.69, 9.17) is 0 Å². The van der Waals surface area contributed by atoms with Crippen LogP contribution in [0.5, 0.6) is 0 Å². The van der Waals surface area contributed by atoms with E-state index in [0.29, 0.717) is 17.8 Å². The van der Waals surface area contributed by atoms with Gasteiger partial charge in [0.15, 0.2) is 0 Å². The maximum absolute atomic E-state index is 2.47. The van der Waals surface area contributed by atoms with Crippen LogP contribution in [-0.4, -0.2) is 0 Å². The van der Waals surface area contributed by atoms with Gasteiger partial charge in [-0.15, -0.1) is 0 Å². The van der Waals surface area contributed by atoms with Crippen molar-refractivity contribution < 1.29 is 0 Å². The normalized spacial score (nSPS) is 23.4. The first kappa shape index (κ1) is 23.9. The van der Waals surface area contributed by atoms with Gasteiger partial charge < -0.3 is 0 Å². The highest BCUT2D eigenvalue weighted by Crippen LogP contribution is 2.53. The molecule has 0 heterocycles. The predicted octanol–water partition coefficient (Wildman–Crippen LogP) is 9.97. The molecule has 0 radical (unpaired) electrons. The van der Waals surface area contributed by atoms with Crippen molar-refractivity contribution in [3.63, 3.8) is 0 Å². The maximum atomic E-state index is 2.47. The summed E-state index contributed by atoms with van der Waals surface area (Å²) in [5.74, 6) is 1.61. The Bertz CT molecular complexity index is 1240. The highest BCUT2D eigenvalue weighted by atomic mass is 14.5. The summed E-state index contributed by atoms with van der Waals surface area (Å²) in [7, 11) is 0. The van der Waals surface area contributed by atoms with Gasteiger partial charge in [-0.3, -0.25) is 0 Å². The summed E-state index contributed by atoms with van der Waals surface area (Å²) in [5.41, 5.74) is 11.8. The third kappa shape index (κ3) is 4.33. The zero-order chi connectivity index (χ0) is 24.6. The number of hydrogen-bond donors (Lipinski definition) is 0. The van der Waals surface area contributed by atoms with Crippen LogP contribution in [0, 0.1) is 5.92 Å². The molecule has 3 aliphatic carbocycles. The van der Waals surface area contributed by atoms with Gasteiger partial charge in [-0.05, 0) is 77.8 Å². The molecule has 0 spiro atoms. The third-order valence-corrected chi connectivity index (χ3v) is 8.87. The summed E-state index contributed by atoms with van der Waals surface area (Å²) < 4.78 is 0. The fourth-order valence-corrected chi connectivity index (χ4v) is 6.58. The van der Waals surface area contributed by atoms with Crippen molar-refractivity contribution in [2.75, 3.05) is 0 Å².